The van der Waals surface area contributed by atoms with Crippen molar-refractivity contribution in [3.63, 3.8) is 0 Å². The lowest BCUT2D eigenvalue weighted by molar-refractivity contribution is -0.141. The molecule has 0 saturated carbocycles. The number of carbonyl (C=O) groups excluding carboxylic acids is 2. The minimum Gasteiger partial charge on any atom is -0.355 e. The van der Waals surface area contributed by atoms with Crippen LogP contribution in [-0.4, -0.2) is 50.5 Å². The quantitative estimate of drug-likeness (QED) is 0.323. The fourth-order valence-electron chi connectivity index (χ4n) is 4.64. The summed E-state index contributed by atoms with van der Waals surface area (Å²) >= 11 is 0. The van der Waals surface area contributed by atoms with Gasteiger partial charge >= 0.3 is 0 Å². The fraction of sp³-hybridized carbons (Fsp3) is 0.355. The molecule has 0 aliphatic heterocycles. The molecule has 40 heavy (non-hydrogen) atoms. The average Bonchev–Trinajstić information content (AvgIpc) is 2.91. The lowest BCUT2D eigenvalue weighted by atomic mass is 10.0. The van der Waals surface area contributed by atoms with Gasteiger partial charge in [0, 0.05) is 38.0 Å². The summed E-state index contributed by atoms with van der Waals surface area (Å²) in [5.74, 6) is -1.15. The van der Waals surface area contributed by atoms with Gasteiger partial charge in [0.25, 0.3) is 0 Å². The number of sulfonamides is 1. The first-order valence-electron chi connectivity index (χ1n) is 13.4. The molecule has 1 N–H and O–H groups in total. The molecule has 0 aliphatic carbocycles. The Bertz CT molecular complexity index is 1410. The highest BCUT2D eigenvalue weighted by molar-refractivity contribution is 7.92. The van der Waals surface area contributed by atoms with E-state index < -0.39 is 21.9 Å². The molecule has 2 amide bonds. The molecule has 3 aromatic rings. The minimum atomic E-state index is -3.61. The summed E-state index contributed by atoms with van der Waals surface area (Å²) in [5, 5.41) is 2.81. The SMILES string of the molecule is CCNC(=O)C(Cc1ccccc1)N(Cc1ccccc1F)C(=O)CCCN(c1cccc(C)c1C)S(C)(=O)=O. The van der Waals surface area contributed by atoms with Crippen LogP contribution in [0.3, 0.4) is 0 Å². The van der Waals surface area contributed by atoms with Crippen LogP contribution in [0.15, 0.2) is 72.8 Å². The number of hydrogen-bond donors (Lipinski definition) is 1. The number of anilines is 1. The second-order valence-corrected chi connectivity index (χ2v) is 11.8. The number of halogens is 1. The molecule has 1 atom stereocenters. The summed E-state index contributed by atoms with van der Waals surface area (Å²) in [6.45, 7) is 5.96. The Labute approximate surface area is 237 Å². The maximum absolute atomic E-state index is 14.7. The third-order valence-electron chi connectivity index (χ3n) is 6.92. The molecule has 3 rings (SSSR count). The van der Waals surface area contributed by atoms with E-state index in [1.807, 2.05) is 50.2 Å². The van der Waals surface area contributed by atoms with Gasteiger partial charge in [-0.25, -0.2) is 12.8 Å². The van der Waals surface area contributed by atoms with Crippen molar-refractivity contribution in [3.05, 3.63) is 101 Å². The van der Waals surface area contributed by atoms with Crippen LogP contribution >= 0.6 is 0 Å². The number of amides is 2. The Kier molecular flexibility index (Phi) is 10.8. The van der Waals surface area contributed by atoms with Crippen LogP contribution in [0.1, 0.15) is 42.0 Å². The van der Waals surface area contributed by atoms with E-state index in [-0.39, 0.29) is 44.2 Å². The van der Waals surface area contributed by atoms with Crippen LogP contribution in [0.25, 0.3) is 0 Å². The van der Waals surface area contributed by atoms with Crippen molar-refractivity contribution in [1.29, 1.82) is 0 Å². The molecule has 0 spiro atoms. The second kappa shape index (κ2) is 14.1. The molecule has 0 fully saturated rings. The zero-order chi connectivity index (χ0) is 29.3. The summed E-state index contributed by atoms with van der Waals surface area (Å²) < 4.78 is 41.4. The van der Waals surface area contributed by atoms with E-state index in [9.17, 15) is 22.4 Å². The molecule has 0 aromatic heterocycles. The van der Waals surface area contributed by atoms with Crippen molar-refractivity contribution in [3.8, 4) is 0 Å². The molecule has 9 heteroatoms. The minimum absolute atomic E-state index is 0.0178. The molecule has 0 radical (unpaired) electrons. The monoisotopic (exact) mass is 567 g/mol. The molecule has 214 valence electrons. The number of nitrogens with one attached hydrogen (secondary N) is 1. The zero-order valence-electron chi connectivity index (χ0n) is 23.6. The Morgan fingerprint density at radius 2 is 1.62 bits per heavy atom. The highest BCUT2D eigenvalue weighted by atomic mass is 32.2. The van der Waals surface area contributed by atoms with E-state index >= 15 is 0 Å². The highest BCUT2D eigenvalue weighted by Crippen LogP contribution is 2.26. The van der Waals surface area contributed by atoms with Gasteiger partial charge in [0.05, 0.1) is 11.9 Å². The molecule has 0 bridgehead atoms. The van der Waals surface area contributed by atoms with Crippen LogP contribution in [0.4, 0.5) is 10.1 Å². The van der Waals surface area contributed by atoms with E-state index in [0.717, 1.165) is 22.9 Å². The van der Waals surface area contributed by atoms with Gasteiger partial charge in [0.15, 0.2) is 0 Å². The van der Waals surface area contributed by atoms with Crippen molar-refractivity contribution in [2.24, 2.45) is 0 Å². The molecule has 0 heterocycles. The normalized spacial score (nSPS) is 12.0. The van der Waals surface area contributed by atoms with Crippen LogP contribution in [0.5, 0.6) is 0 Å². The largest absolute Gasteiger partial charge is 0.355 e. The molecule has 3 aromatic carbocycles. The lowest BCUT2D eigenvalue weighted by Gasteiger charge is -2.32. The van der Waals surface area contributed by atoms with Gasteiger partial charge in [-0.3, -0.25) is 13.9 Å². The van der Waals surface area contributed by atoms with Gasteiger partial charge in [0.1, 0.15) is 11.9 Å². The molecule has 0 saturated heterocycles. The van der Waals surface area contributed by atoms with Crippen molar-refractivity contribution >= 4 is 27.5 Å². The van der Waals surface area contributed by atoms with Gasteiger partial charge in [-0.15, -0.1) is 0 Å². The predicted molar refractivity (Wildman–Crippen MR) is 157 cm³/mol. The maximum atomic E-state index is 14.7. The number of benzene rings is 3. The Balaban J connectivity index is 1.89. The van der Waals surface area contributed by atoms with E-state index in [1.54, 1.807) is 37.3 Å². The maximum Gasteiger partial charge on any atom is 0.243 e. The van der Waals surface area contributed by atoms with Gasteiger partial charge in [-0.2, -0.15) is 0 Å². The van der Waals surface area contributed by atoms with E-state index in [1.165, 1.54) is 15.3 Å². The lowest BCUT2D eigenvalue weighted by Crippen LogP contribution is -2.50. The van der Waals surface area contributed by atoms with Crippen molar-refractivity contribution in [2.75, 3.05) is 23.7 Å². The number of likely N-dealkylation sites (N-methyl/N-ethyl adjacent to an activating group) is 1. The van der Waals surface area contributed by atoms with E-state index in [4.69, 9.17) is 0 Å². The smallest absolute Gasteiger partial charge is 0.243 e. The second-order valence-electron chi connectivity index (χ2n) is 9.87. The third-order valence-corrected chi connectivity index (χ3v) is 8.10. The Morgan fingerprint density at radius 1 is 0.950 bits per heavy atom. The Morgan fingerprint density at radius 3 is 2.27 bits per heavy atom. The number of rotatable bonds is 13. The standard InChI is InChI=1S/C31H38FN3O4S/c1-5-33-31(37)29(21-25-14-7-6-8-15-25)34(22-26-16-9-10-17-27(26)32)30(36)19-12-20-35(40(4,38)39)28-18-11-13-23(2)24(28)3/h6-11,13-18,29H,5,12,19-22H2,1-4H3,(H,33,37). The van der Waals surface area contributed by atoms with Gasteiger partial charge in [0.2, 0.25) is 21.8 Å². The van der Waals surface area contributed by atoms with Crippen molar-refractivity contribution in [2.45, 2.75) is 52.6 Å². The van der Waals surface area contributed by atoms with Crippen LogP contribution in [0, 0.1) is 19.7 Å². The van der Waals surface area contributed by atoms with Crippen LogP contribution < -0.4 is 9.62 Å². The van der Waals surface area contributed by atoms with Crippen LogP contribution in [0.2, 0.25) is 0 Å². The van der Waals surface area contributed by atoms with E-state index in [0.29, 0.717) is 17.8 Å². The van der Waals surface area contributed by atoms with Crippen LogP contribution in [-0.2, 0) is 32.6 Å². The van der Waals surface area contributed by atoms with Gasteiger partial charge in [-0.05, 0) is 56.0 Å². The molecule has 7 nitrogen and oxygen atoms in total. The first kappa shape index (κ1) is 30.8. The third kappa shape index (κ3) is 8.14. The molecular formula is C31H38FN3O4S. The number of hydrogen-bond acceptors (Lipinski definition) is 4. The van der Waals surface area contributed by atoms with Gasteiger partial charge < -0.3 is 10.2 Å². The number of nitrogens with zero attached hydrogens (tertiary/aromatic N) is 2. The van der Waals surface area contributed by atoms with Gasteiger partial charge in [-0.1, -0.05) is 60.7 Å². The first-order valence-corrected chi connectivity index (χ1v) is 15.3. The first-order chi connectivity index (χ1) is 19.0. The summed E-state index contributed by atoms with van der Waals surface area (Å²) in [4.78, 5) is 28.4. The zero-order valence-corrected chi connectivity index (χ0v) is 24.4. The fourth-order valence-corrected chi connectivity index (χ4v) is 5.66. The highest BCUT2D eigenvalue weighted by Gasteiger charge is 2.31. The topological polar surface area (TPSA) is 86.8 Å². The average molecular weight is 568 g/mol. The summed E-state index contributed by atoms with van der Waals surface area (Å²) in [5.41, 5.74) is 3.54. The van der Waals surface area contributed by atoms with Crippen molar-refractivity contribution < 1.29 is 22.4 Å². The van der Waals surface area contributed by atoms with E-state index in [2.05, 4.69) is 5.32 Å². The summed E-state index contributed by atoms with van der Waals surface area (Å²) in [7, 11) is -3.61. The predicted octanol–water partition coefficient (Wildman–Crippen LogP) is 4.76. The summed E-state index contributed by atoms with van der Waals surface area (Å²) in [6.07, 6.45) is 1.60. The van der Waals surface area contributed by atoms with Crippen molar-refractivity contribution in [1.82, 2.24) is 10.2 Å². The molecule has 1 unspecified atom stereocenters. The number of carbonyl (C=O) groups is 2. The Hall–Kier alpha value is -3.72. The molecule has 0 aliphatic rings. The number of aryl methyl sites for hydroxylation is 1. The molecular weight excluding hydrogens is 529 g/mol. The summed E-state index contributed by atoms with van der Waals surface area (Å²) in [6, 6.07) is 20.1.